The van der Waals surface area contributed by atoms with E-state index in [0.717, 1.165) is 18.5 Å². The lowest BCUT2D eigenvalue weighted by Gasteiger charge is -2.09. The second kappa shape index (κ2) is 9.59. The fraction of sp³-hybridized carbons (Fsp3) is 0.286. The number of hydrazone groups is 1. The number of ether oxygens (including phenoxy) is 3. The van der Waals surface area contributed by atoms with E-state index in [4.69, 9.17) is 14.2 Å². The van der Waals surface area contributed by atoms with E-state index >= 15 is 0 Å². The van der Waals surface area contributed by atoms with Crippen molar-refractivity contribution < 1.29 is 23.8 Å². The molecular weight excluding hydrogens is 374 g/mol. The van der Waals surface area contributed by atoms with Crippen LogP contribution < -0.4 is 25.0 Å². The quantitative estimate of drug-likeness (QED) is 0.292. The largest absolute Gasteiger partial charge is 0.497 e. The number of methoxy groups -OCH3 is 2. The Morgan fingerprint density at radius 2 is 1.93 bits per heavy atom. The number of rotatable bonds is 9. The number of hydrogen-bond donors (Lipinski definition) is 2. The smallest absolute Gasteiger partial charge is 0.314 e. The van der Waals surface area contributed by atoms with Crippen LogP contribution in [0.3, 0.4) is 0 Å². The van der Waals surface area contributed by atoms with Gasteiger partial charge in [0, 0.05) is 11.8 Å². The van der Waals surface area contributed by atoms with Gasteiger partial charge in [0.25, 0.3) is 5.91 Å². The van der Waals surface area contributed by atoms with Gasteiger partial charge >= 0.3 is 5.97 Å². The molecule has 1 saturated carbocycles. The van der Waals surface area contributed by atoms with Gasteiger partial charge in [0.05, 0.1) is 32.9 Å². The highest BCUT2D eigenvalue weighted by Crippen LogP contribution is 2.34. The summed E-state index contributed by atoms with van der Waals surface area (Å²) in [5, 5.41) is 6.93. The van der Waals surface area contributed by atoms with Crippen LogP contribution in [-0.4, -0.2) is 38.9 Å². The zero-order valence-corrected chi connectivity index (χ0v) is 16.3. The van der Waals surface area contributed by atoms with Gasteiger partial charge in [-0.2, -0.15) is 5.10 Å². The molecule has 152 valence electrons. The van der Waals surface area contributed by atoms with E-state index in [0.29, 0.717) is 22.8 Å². The fourth-order valence-electron chi connectivity index (χ4n) is 2.49. The predicted molar refractivity (Wildman–Crippen MR) is 109 cm³/mol. The summed E-state index contributed by atoms with van der Waals surface area (Å²) < 4.78 is 15.8. The van der Waals surface area contributed by atoms with Crippen molar-refractivity contribution in [2.75, 3.05) is 26.1 Å². The fourth-order valence-corrected chi connectivity index (χ4v) is 2.49. The SMILES string of the molecule is COc1cccc(NCC(=O)N/N=C\c2ccc(OC(=O)C3CC3)c(OC)c2)c1. The van der Waals surface area contributed by atoms with E-state index in [2.05, 4.69) is 15.8 Å². The van der Waals surface area contributed by atoms with Crippen molar-refractivity contribution in [3.05, 3.63) is 48.0 Å². The predicted octanol–water partition coefficient (Wildman–Crippen LogP) is 2.58. The second-order valence-electron chi connectivity index (χ2n) is 6.48. The Hall–Kier alpha value is -3.55. The molecule has 0 aliphatic heterocycles. The van der Waals surface area contributed by atoms with Crippen LogP contribution in [-0.2, 0) is 9.59 Å². The number of carbonyl (C=O) groups excluding carboxylic acids is 2. The average Bonchev–Trinajstić information content (AvgIpc) is 3.59. The Morgan fingerprint density at radius 3 is 2.66 bits per heavy atom. The third-order valence-corrected chi connectivity index (χ3v) is 4.23. The summed E-state index contributed by atoms with van der Waals surface area (Å²) in [7, 11) is 3.08. The van der Waals surface area contributed by atoms with Gasteiger partial charge in [0.15, 0.2) is 11.5 Å². The van der Waals surface area contributed by atoms with Gasteiger partial charge in [-0.25, -0.2) is 5.43 Å². The van der Waals surface area contributed by atoms with E-state index in [9.17, 15) is 9.59 Å². The maximum Gasteiger partial charge on any atom is 0.314 e. The lowest BCUT2D eigenvalue weighted by atomic mass is 10.2. The third-order valence-electron chi connectivity index (χ3n) is 4.23. The Kier molecular flexibility index (Phi) is 6.67. The highest BCUT2D eigenvalue weighted by Gasteiger charge is 2.32. The summed E-state index contributed by atoms with van der Waals surface area (Å²) >= 11 is 0. The van der Waals surface area contributed by atoms with Crippen LogP contribution in [0, 0.1) is 5.92 Å². The van der Waals surface area contributed by atoms with Crippen LogP contribution in [0.15, 0.2) is 47.6 Å². The van der Waals surface area contributed by atoms with Crippen molar-refractivity contribution in [3.8, 4) is 17.2 Å². The van der Waals surface area contributed by atoms with E-state index < -0.39 is 0 Å². The van der Waals surface area contributed by atoms with Crippen LogP contribution in [0.4, 0.5) is 5.69 Å². The molecule has 1 aliphatic carbocycles. The summed E-state index contributed by atoms with van der Waals surface area (Å²) in [4.78, 5) is 23.7. The van der Waals surface area contributed by atoms with Gasteiger partial charge in [0.2, 0.25) is 0 Å². The highest BCUT2D eigenvalue weighted by molar-refractivity contribution is 5.85. The Labute approximate surface area is 168 Å². The zero-order valence-electron chi connectivity index (χ0n) is 16.3. The Morgan fingerprint density at radius 1 is 1.10 bits per heavy atom. The van der Waals surface area contributed by atoms with Gasteiger partial charge < -0.3 is 19.5 Å². The van der Waals surface area contributed by atoms with Gasteiger partial charge in [0.1, 0.15) is 5.75 Å². The minimum absolute atomic E-state index is 0.00161. The first-order valence-electron chi connectivity index (χ1n) is 9.18. The molecule has 8 nitrogen and oxygen atoms in total. The highest BCUT2D eigenvalue weighted by atomic mass is 16.6. The molecular formula is C21H23N3O5. The van der Waals surface area contributed by atoms with E-state index in [1.54, 1.807) is 31.4 Å². The van der Waals surface area contributed by atoms with Crippen LogP contribution in [0.5, 0.6) is 17.2 Å². The number of esters is 1. The molecule has 8 heteroatoms. The number of hydrogen-bond acceptors (Lipinski definition) is 7. The summed E-state index contributed by atoms with van der Waals surface area (Å²) in [6.07, 6.45) is 3.23. The number of nitrogens with zero attached hydrogens (tertiary/aromatic N) is 1. The summed E-state index contributed by atoms with van der Waals surface area (Å²) in [5.41, 5.74) is 3.91. The molecule has 0 heterocycles. The Bertz CT molecular complexity index is 909. The summed E-state index contributed by atoms with van der Waals surface area (Å²) in [6.45, 7) is 0.0594. The second-order valence-corrected chi connectivity index (χ2v) is 6.48. The molecule has 0 aromatic heterocycles. The normalized spacial score (nSPS) is 13.0. The van der Waals surface area contributed by atoms with Gasteiger partial charge in [-0.05, 0) is 48.7 Å². The number of benzene rings is 2. The molecule has 3 rings (SSSR count). The van der Waals surface area contributed by atoms with Gasteiger partial charge in [-0.1, -0.05) is 6.07 Å². The molecule has 0 atom stereocenters. The Balaban J connectivity index is 1.50. The van der Waals surface area contributed by atoms with Crippen LogP contribution in [0.1, 0.15) is 18.4 Å². The molecule has 29 heavy (non-hydrogen) atoms. The van der Waals surface area contributed by atoms with Crippen molar-refractivity contribution in [2.45, 2.75) is 12.8 Å². The topological polar surface area (TPSA) is 98.3 Å². The molecule has 0 radical (unpaired) electrons. The molecule has 2 aromatic rings. The van der Waals surface area contributed by atoms with Crippen LogP contribution in [0.25, 0.3) is 0 Å². The minimum Gasteiger partial charge on any atom is -0.497 e. The third kappa shape index (κ3) is 5.97. The van der Waals surface area contributed by atoms with E-state index in [1.165, 1.54) is 13.3 Å². The van der Waals surface area contributed by atoms with E-state index in [-0.39, 0.29) is 24.3 Å². The summed E-state index contributed by atoms with van der Waals surface area (Å²) in [5.74, 6) is 0.962. The average molecular weight is 397 g/mol. The van der Waals surface area contributed by atoms with Gasteiger partial charge in [-0.3, -0.25) is 9.59 Å². The standard InChI is InChI=1S/C21H23N3O5/c1-27-17-5-3-4-16(11-17)22-13-20(25)24-23-12-14-6-9-18(19(10-14)28-2)29-21(26)15-7-8-15/h3-6,9-12,15,22H,7-8,13H2,1-2H3,(H,24,25)/b23-12-. The molecule has 2 aromatic carbocycles. The number of carbonyl (C=O) groups is 2. The number of amides is 1. The molecule has 1 amide bonds. The first kappa shape index (κ1) is 20.2. The monoisotopic (exact) mass is 397 g/mol. The van der Waals surface area contributed by atoms with Crippen molar-refractivity contribution in [3.63, 3.8) is 0 Å². The number of nitrogens with one attached hydrogen (secondary N) is 2. The molecule has 2 N–H and O–H groups in total. The van der Waals surface area contributed by atoms with Crippen molar-refractivity contribution >= 4 is 23.8 Å². The first-order chi connectivity index (χ1) is 14.1. The van der Waals surface area contributed by atoms with Crippen LogP contribution in [0.2, 0.25) is 0 Å². The van der Waals surface area contributed by atoms with E-state index in [1.807, 2.05) is 18.2 Å². The molecule has 0 spiro atoms. The molecule has 0 unspecified atom stereocenters. The number of anilines is 1. The maximum absolute atomic E-state index is 11.9. The molecule has 1 fully saturated rings. The van der Waals surface area contributed by atoms with Gasteiger partial charge in [-0.15, -0.1) is 0 Å². The summed E-state index contributed by atoms with van der Waals surface area (Å²) in [6, 6.07) is 12.3. The van der Waals surface area contributed by atoms with Crippen molar-refractivity contribution in [1.82, 2.24) is 5.43 Å². The van der Waals surface area contributed by atoms with Crippen molar-refractivity contribution in [1.29, 1.82) is 0 Å². The first-order valence-corrected chi connectivity index (χ1v) is 9.18. The van der Waals surface area contributed by atoms with Crippen LogP contribution >= 0.6 is 0 Å². The van der Waals surface area contributed by atoms with Crippen molar-refractivity contribution in [2.24, 2.45) is 11.0 Å². The molecule has 1 aliphatic rings. The minimum atomic E-state index is -0.300. The molecule has 0 bridgehead atoms. The molecule has 0 saturated heterocycles. The lowest BCUT2D eigenvalue weighted by molar-refractivity contribution is -0.135. The zero-order chi connectivity index (χ0) is 20.6. The maximum atomic E-state index is 11.9. The lowest BCUT2D eigenvalue weighted by Crippen LogP contribution is -2.25.